The van der Waals surface area contributed by atoms with E-state index in [-0.39, 0.29) is 5.91 Å². The average Bonchev–Trinajstić information content (AvgIpc) is 3.06. The number of ether oxygens (including phenoxy) is 1. The number of rotatable bonds is 10. The van der Waals surface area contributed by atoms with Crippen LogP contribution in [0, 0.1) is 0 Å². The third kappa shape index (κ3) is 6.89. The number of carbonyl (C=O) groups is 1. The normalized spacial score (nSPS) is 10.5. The fraction of sp³-hybridized carbons (Fsp3) is 0.438. The van der Waals surface area contributed by atoms with E-state index in [1.165, 1.54) is 23.1 Å². The molecule has 2 rings (SSSR count). The Morgan fingerprint density at radius 2 is 2.04 bits per heavy atom. The van der Waals surface area contributed by atoms with Crippen LogP contribution in [0.3, 0.4) is 0 Å². The molecule has 0 saturated carbocycles. The zero-order valence-electron chi connectivity index (χ0n) is 14.6. The van der Waals surface area contributed by atoms with E-state index in [1.807, 2.05) is 43.3 Å². The molecule has 9 heteroatoms. The van der Waals surface area contributed by atoms with Gasteiger partial charge >= 0.3 is 0 Å². The number of nitrogens with one attached hydrogen (secondary N) is 2. The Bertz CT molecular complexity index is 661. The third-order valence-corrected chi connectivity index (χ3v) is 5.27. The highest BCUT2D eigenvalue weighted by Crippen LogP contribution is 2.25. The molecule has 0 aliphatic rings. The Labute approximate surface area is 156 Å². The minimum atomic E-state index is -0.0224. The van der Waals surface area contributed by atoms with Gasteiger partial charge in [0.05, 0.1) is 12.4 Å². The number of carbonyl (C=O) groups excluding carboxylic acids is 1. The number of benzene rings is 1. The molecular weight excluding hydrogens is 358 g/mol. The van der Waals surface area contributed by atoms with Crippen LogP contribution >= 0.6 is 23.1 Å². The maximum atomic E-state index is 12.0. The van der Waals surface area contributed by atoms with Crippen molar-refractivity contribution in [3.63, 3.8) is 0 Å². The van der Waals surface area contributed by atoms with Crippen molar-refractivity contribution in [2.75, 3.05) is 50.3 Å². The summed E-state index contributed by atoms with van der Waals surface area (Å²) in [7, 11) is 5.65. The lowest BCUT2D eigenvalue weighted by Gasteiger charge is -2.12. The number of hydrogen-bond acceptors (Lipinski definition) is 8. The summed E-state index contributed by atoms with van der Waals surface area (Å²) in [5.74, 6) is 0.299. The van der Waals surface area contributed by atoms with E-state index in [1.54, 1.807) is 7.11 Å². The average molecular weight is 382 g/mol. The molecule has 0 spiro atoms. The molecule has 1 aromatic carbocycles. The van der Waals surface area contributed by atoms with Crippen molar-refractivity contribution in [3.8, 4) is 0 Å². The van der Waals surface area contributed by atoms with Gasteiger partial charge < -0.3 is 20.3 Å². The molecule has 0 saturated heterocycles. The van der Waals surface area contributed by atoms with Crippen LogP contribution in [0.2, 0.25) is 0 Å². The Morgan fingerprint density at radius 3 is 2.72 bits per heavy atom. The molecule has 0 atom stereocenters. The molecule has 2 N–H and O–H groups in total. The molecule has 1 aromatic heterocycles. The van der Waals surface area contributed by atoms with Crippen molar-refractivity contribution in [3.05, 3.63) is 29.8 Å². The summed E-state index contributed by atoms with van der Waals surface area (Å²) in [6, 6.07) is 8.11. The number of methoxy groups -OCH3 is 1. The van der Waals surface area contributed by atoms with Gasteiger partial charge in [-0.3, -0.25) is 4.79 Å². The minimum Gasteiger partial charge on any atom is -0.383 e. The van der Waals surface area contributed by atoms with Crippen LogP contribution in [0.5, 0.6) is 0 Å². The molecule has 136 valence electrons. The van der Waals surface area contributed by atoms with Crippen LogP contribution < -0.4 is 15.5 Å². The second-order valence-corrected chi connectivity index (χ2v) is 7.62. The monoisotopic (exact) mass is 381 g/mol. The Balaban J connectivity index is 1.70. The fourth-order valence-corrected chi connectivity index (χ4v) is 3.50. The van der Waals surface area contributed by atoms with Crippen molar-refractivity contribution in [1.82, 2.24) is 15.5 Å². The van der Waals surface area contributed by atoms with Gasteiger partial charge in [-0.2, -0.15) is 0 Å². The number of thioether (sulfide) groups is 1. The second kappa shape index (κ2) is 10.2. The molecule has 0 bridgehead atoms. The van der Waals surface area contributed by atoms with Crippen molar-refractivity contribution < 1.29 is 9.53 Å². The minimum absolute atomic E-state index is 0.0224. The standard InChI is InChI=1S/C16H23N5O2S2/c1-21(2)13-6-4-12(5-7-13)10-18-14(22)11-24-16-20-19-15(25-16)17-8-9-23-3/h4-7H,8-11H2,1-3H3,(H,17,19)(H,18,22). The van der Waals surface area contributed by atoms with Gasteiger partial charge in [0.25, 0.3) is 0 Å². The SMILES string of the molecule is COCCNc1nnc(SCC(=O)NCc2ccc(N(C)C)cc2)s1. The highest BCUT2D eigenvalue weighted by molar-refractivity contribution is 8.01. The Morgan fingerprint density at radius 1 is 1.28 bits per heavy atom. The summed E-state index contributed by atoms with van der Waals surface area (Å²) in [6.45, 7) is 1.82. The topological polar surface area (TPSA) is 79.4 Å². The maximum Gasteiger partial charge on any atom is 0.230 e. The number of anilines is 2. The van der Waals surface area contributed by atoms with Crippen molar-refractivity contribution in [1.29, 1.82) is 0 Å². The largest absolute Gasteiger partial charge is 0.383 e. The summed E-state index contributed by atoms with van der Waals surface area (Å²) >= 11 is 2.82. The fourth-order valence-electron chi connectivity index (χ4n) is 1.89. The van der Waals surface area contributed by atoms with Crippen molar-refractivity contribution in [2.45, 2.75) is 10.9 Å². The van der Waals surface area contributed by atoms with Crippen LogP contribution in [0.15, 0.2) is 28.6 Å². The molecule has 1 amide bonds. The van der Waals surface area contributed by atoms with E-state index in [0.717, 1.165) is 20.7 Å². The van der Waals surface area contributed by atoms with E-state index in [2.05, 4.69) is 20.8 Å². The van der Waals surface area contributed by atoms with Crippen LogP contribution in [-0.4, -0.2) is 56.2 Å². The van der Waals surface area contributed by atoms with Gasteiger partial charge in [0.1, 0.15) is 0 Å². The lowest BCUT2D eigenvalue weighted by molar-refractivity contribution is -0.118. The molecule has 0 radical (unpaired) electrons. The molecule has 7 nitrogen and oxygen atoms in total. The van der Waals surface area contributed by atoms with E-state index < -0.39 is 0 Å². The number of aromatic nitrogens is 2. The first-order chi connectivity index (χ1) is 12.1. The zero-order valence-corrected chi connectivity index (χ0v) is 16.2. The lowest BCUT2D eigenvalue weighted by Crippen LogP contribution is -2.24. The molecule has 2 aromatic rings. The molecular formula is C16H23N5O2S2. The van der Waals surface area contributed by atoms with E-state index in [4.69, 9.17) is 4.74 Å². The molecule has 25 heavy (non-hydrogen) atoms. The van der Waals surface area contributed by atoms with E-state index in [9.17, 15) is 4.79 Å². The van der Waals surface area contributed by atoms with Gasteiger partial charge in [0.15, 0.2) is 4.34 Å². The summed E-state index contributed by atoms with van der Waals surface area (Å²) in [4.78, 5) is 14.0. The Kier molecular flexibility index (Phi) is 7.96. The Hall–Kier alpha value is -1.84. The summed E-state index contributed by atoms with van der Waals surface area (Å²) in [6.07, 6.45) is 0. The van der Waals surface area contributed by atoms with Gasteiger partial charge in [0.2, 0.25) is 11.0 Å². The summed E-state index contributed by atoms with van der Waals surface area (Å²) in [5.41, 5.74) is 2.21. The first kappa shape index (κ1) is 19.5. The van der Waals surface area contributed by atoms with Crippen LogP contribution in [0.1, 0.15) is 5.56 Å². The smallest absolute Gasteiger partial charge is 0.230 e. The molecule has 0 aliphatic heterocycles. The lowest BCUT2D eigenvalue weighted by atomic mass is 10.2. The second-order valence-electron chi connectivity index (χ2n) is 5.42. The summed E-state index contributed by atoms with van der Waals surface area (Å²) in [5, 5.41) is 14.9. The van der Waals surface area contributed by atoms with E-state index >= 15 is 0 Å². The van der Waals surface area contributed by atoms with Crippen LogP contribution in [-0.2, 0) is 16.1 Å². The van der Waals surface area contributed by atoms with E-state index in [0.29, 0.717) is 25.4 Å². The van der Waals surface area contributed by atoms with Gasteiger partial charge in [-0.05, 0) is 17.7 Å². The van der Waals surface area contributed by atoms with Gasteiger partial charge in [0, 0.05) is 40.0 Å². The predicted molar refractivity (Wildman–Crippen MR) is 104 cm³/mol. The van der Waals surface area contributed by atoms with Crippen molar-refractivity contribution in [2.24, 2.45) is 0 Å². The number of hydrogen-bond donors (Lipinski definition) is 2. The maximum absolute atomic E-state index is 12.0. The quantitative estimate of drug-likeness (QED) is 0.482. The van der Waals surface area contributed by atoms with Gasteiger partial charge in [-0.15, -0.1) is 10.2 Å². The van der Waals surface area contributed by atoms with Crippen LogP contribution in [0.4, 0.5) is 10.8 Å². The number of nitrogens with zero attached hydrogens (tertiary/aromatic N) is 3. The highest BCUT2D eigenvalue weighted by Gasteiger charge is 2.08. The van der Waals surface area contributed by atoms with Gasteiger partial charge in [-0.1, -0.05) is 35.2 Å². The third-order valence-electron chi connectivity index (χ3n) is 3.26. The first-order valence-corrected chi connectivity index (χ1v) is 9.61. The molecule has 1 heterocycles. The first-order valence-electron chi connectivity index (χ1n) is 7.80. The molecule has 0 aliphatic carbocycles. The van der Waals surface area contributed by atoms with Gasteiger partial charge in [-0.25, -0.2) is 0 Å². The predicted octanol–water partition coefficient (Wildman–Crippen LogP) is 2.07. The van der Waals surface area contributed by atoms with Crippen LogP contribution in [0.25, 0.3) is 0 Å². The molecule has 0 fully saturated rings. The zero-order chi connectivity index (χ0) is 18.1. The van der Waals surface area contributed by atoms with Crippen molar-refractivity contribution >= 4 is 39.8 Å². The number of amides is 1. The highest BCUT2D eigenvalue weighted by atomic mass is 32.2. The molecule has 0 unspecified atom stereocenters. The summed E-state index contributed by atoms with van der Waals surface area (Å²) < 4.78 is 5.73.